The number of nitrogens with zero attached hydrogens (tertiary/aromatic N) is 3. The molecule has 136 valence electrons. The van der Waals surface area contributed by atoms with E-state index in [0.717, 1.165) is 4.88 Å². The Kier molecular flexibility index (Phi) is 4.96. The smallest absolute Gasteiger partial charge is 0.270 e. The van der Waals surface area contributed by atoms with Crippen molar-refractivity contribution in [2.24, 2.45) is 0 Å². The Morgan fingerprint density at radius 3 is 2.81 bits per heavy atom. The van der Waals surface area contributed by atoms with Crippen molar-refractivity contribution in [2.75, 3.05) is 5.32 Å². The third kappa shape index (κ3) is 3.74. The topological polar surface area (TPSA) is 80.9 Å². The summed E-state index contributed by atoms with van der Waals surface area (Å²) in [6.07, 6.45) is 0. The molecule has 0 saturated heterocycles. The molecule has 1 N–H and O–H groups in total. The van der Waals surface area contributed by atoms with Gasteiger partial charge in [-0.2, -0.15) is 4.98 Å². The van der Waals surface area contributed by atoms with Gasteiger partial charge in [-0.15, -0.1) is 11.3 Å². The number of halogens is 2. The lowest BCUT2D eigenvalue weighted by molar-refractivity contribution is 0.102. The van der Waals surface area contributed by atoms with Crippen molar-refractivity contribution in [3.8, 4) is 21.5 Å². The summed E-state index contributed by atoms with van der Waals surface area (Å²) in [6, 6.07) is 8.52. The van der Waals surface area contributed by atoms with Crippen LogP contribution in [-0.4, -0.2) is 21.0 Å². The van der Waals surface area contributed by atoms with Crippen LogP contribution in [-0.2, 0) is 0 Å². The molecule has 27 heavy (non-hydrogen) atoms. The molecule has 4 aromatic rings. The number of carbonyl (C=O) groups is 1. The summed E-state index contributed by atoms with van der Waals surface area (Å²) in [4.78, 5) is 22.8. The van der Waals surface area contributed by atoms with Crippen molar-refractivity contribution in [1.29, 1.82) is 0 Å². The number of benzene rings is 1. The van der Waals surface area contributed by atoms with Crippen LogP contribution in [0.15, 0.2) is 40.2 Å². The number of hydrogen-bond donors (Lipinski definition) is 1. The SMILES string of the molecule is Cc1nc(NC(=O)c2ccc(Cl)cc2Cl)sc1-c1nc(-c2cccs2)no1. The Hall–Kier alpha value is -2.26. The predicted octanol–water partition coefficient (Wildman–Crippen LogP) is 5.79. The number of anilines is 1. The zero-order valence-electron chi connectivity index (χ0n) is 13.7. The fraction of sp³-hybridized carbons (Fsp3) is 0.0588. The summed E-state index contributed by atoms with van der Waals surface area (Å²) >= 11 is 14.7. The van der Waals surface area contributed by atoms with Gasteiger partial charge in [0.05, 0.1) is 21.2 Å². The highest BCUT2D eigenvalue weighted by atomic mass is 35.5. The third-order valence-electron chi connectivity index (χ3n) is 3.55. The second-order valence-corrected chi connectivity index (χ2v) is 8.20. The molecule has 0 saturated carbocycles. The lowest BCUT2D eigenvalue weighted by Gasteiger charge is -2.04. The molecule has 4 rings (SSSR count). The molecule has 0 aliphatic rings. The van der Waals surface area contributed by atoms with Gasteiger partial charge in [-0.05, 0) is 36.6 Å². The number of nitrogens with one attached hydrogen (secondary N) is 1. The van der Waals surface area contributed by atoms with E-state index in [-0.39, 0.29) is 10.9 Å². The second-order valence-electron chi connectivity index (χ2n) is 5.41. The highest BCUT2D eigenvalue weighted by molar-refractivity contribution is 7.19. The van der Waals surface area contributed by atoms with E-state index in [1.165, 1.54) is 28.7 Å². The van der Waals surface area contributed by atoms with Crippen LogP contribution in [0.2, 0.25) is 10.0 Å². The van der Waals surface area contributed by atoms with Gasteiger partial charge >= 0.3 is 0 Å². The Morgan fingerprint density at radius 1 is 1.22 bits per heavy atom. The molecular formula is C17H10Cl2N4O2S2. The molecule has 3 heterocycles. The van der Waals surface area contributed by atoms with Gasteiger partial charge in [-0.1, -0.05) is 45.8 Å². The van der Waals surface area contributed by atoms with Crippen LogP contribution >= 0.6 is 45.9 Å². The molecule has 0 aliphatic carbocycles. The van der Waals surface area contributed by atoms with E-state index in [2.05, 4.69) is 20.4 Å². The van der Waals surface area contributed by atoms with Gasteiger partial charge in [0.1, 0.15) is 4.88 Å². The van der Waals surface area contributed by atoms with Gasteiger partial charge in [0, 0.05) is 5.02 Å². The number of aryl methyl sites for hydroxylation is 1. The Morgan fingerprint density at radius 2 is 2.07 bits per heavy atom. The number of amides is 1. The first-order valence-corrected chi connectivity index (χ1v) is 10.1. The van der Waals surface area contributed by atoms with Crippen LogP contribution in [0.4, 0.5) is 5.13 Å². The number of hydrogen-bond acceptors (Lipinski definition) is 7. The normalized spacial score (nSPS) is 10.9. The highest BCUT2D eigenvalue weighted by Crippen LogP contribution is 2.34. The zero-order valence-corrected chi connectivity index (χ0v) is 16.8. The minimum absolute atomic E-state index is 0.269. The van der Waals surface area contributed by atoms with Crippen molar-refractivity contribution in [3.05, 3.63) is 57.0 Å². The van der Waals surface area contributed by atoms with E-state index >= 15 is 0 Å². The number of thiazole rings is 1. The van der Waals surface area contributed by atoms with Gasteiger partial charge in [-0.25, -0.2) is 4.98 Å². The summed E-state index contributed by atoms with van der Waals surface area (Å²) in [7, 11) is 0. The average Bonchev–Trinajstić information content (AvgIpc) is 3.34. The average molecular weight is 437 g/mol. The Bertz CT molecular complexity index is 1120. The summed E-state index contributed by atoms with van der Waals surface area (Å²) in [5.41, 5.74) is 0.993. The van der Waals surface area contributed by atoms with Crippen molar-refractivity contribution >= 4 is 56.9 Å². The molecule has 1 amide bonds. The molecule has 0 unspecified atom stereocenters. The first kappa shape index (κ1) is 18.1. The van der Waals surface area contributed by atoms with E-state index in [4.69, 9.17) is 27.7 Å². The number of thiophene rings is 1. The Balaban J connectivity index is 1.57. The van der Waals surface area contributed by atoms with Crippen LogP contribution in [0.1, 0.15) is 16.1 Å². The third-order valence-corrected chi connectivity index (χ3v) is 6.03. The summed E-state index contributed by atoms with van der Waals surface area (Å²) in [5.74, 6) is 0.506. The molecule has 0 bridgehead atoms. The van der Waals surface area contributed by atoms with E-state index in [1.807, 2.05) is 24.4 Å². The maximum atomic E-state index is 12.4. The van der Waals surface area contributed by atoms with Gasteiger partial charge in [0.2, 0.25) is 5.82 Å². The molecule has 0 spiro atoms. The second kappa shape index (κ2) is 7.40. The quantitative estimate of drug-likeness (QED) is 0.437. The van der Waals surface area contributed by atoms with Gasteiger partial charge in [0.25, 0.3) is 11.8 Å². The molecule has 0 fully saturated rings. The van der Waals surface area contributed by atoms with E-state index < -0.39 is 0 Å². The van der Waals surface area contributed by atoms with Crippen LogP contribution < -0.4 is 5.32 Å². The van der Waals surface area contributed by atoms with Crippen molar-refractivity contribution in [2.45, 2.75) is 6.92 Å². The standard InChI is InChI=1S/C17H10Cl2N4O2S2/c1-8-13(16-21-14(23-25-16)12-3-2-6-26-12)27-17(20-8)22-15(24)10-5-4-9(18)7-11(10)19/h2-7H,1H3,(H,20,22,24). The first-order chi connectivity index (χ1) is 13.0. The van der Waals surface area contributed by atoms with Crippen LogP contribution in [0.3, 0.4) is 0 Å². The fourth-order valence-electron chi connectivity index (χ4n) is 2.31. The fourth-order valence-corrected chi connectivity index (χ4v) is 4.33. The van der Waals surface area contributed by atoms with Crippen LogP contribution in [0, 0.1) is 6.92 Å². The zero-order chi connectivity index (χ0) is 19.0. The van der Waals surface area contributed by atoms with Crippen molar-refractivity contribution < 1.29 is 9.32 Å². The van der Waals surface area contributed by atoms with E-state index in [9.17, 15) is 4.79 Å². The highest BCUT2D eigenvalue weighted by Gasteiger charge is 2.19. The largest absolute Gasteiger partial charge is 0.333 e. The molecule has 3 aromatic heterocycles. The summed E-state index contributed by atoms with van der Waals surface area (Å²) < 4.78 is 5.36. The van der Waals surface area contributed by atoms with Crippen LogP contribution in [0.25, 0.3) is 21.5 Å². The van der Waals surface area contributed by atoms with Gasteiger partial charge in [-0.3, -0.25) is 10.1 Å². The monoisotopic (exact) mass is 436 g/mol. The van der Waals surface area contributed by atoms with Gasteiger partial charge in [0.15, 0.2) is 5.13 Å². The van der Waals surface area contributed by atoms with Gasteiger partial charge < -0.3 is 4.52 Å². The lowest BCUT2D eigenvalue weighted by atomic mass is 10.2. The molecule has 6 nitrogen and oxygen atoms in total. The predicted molar refractivity (Wildman–Crippen MR) is 108 cm³/mol. The number of rotatable bonds is 4. The summed E-state index contributed by atoms with van der Waals surface area (Å²) in [5, 5.41) is 9.82. The molecule has 0 radical (unpaired) electrons. The molecule has 1 aromatic carbocycles. The van der Waals surface area contributed by atoms with Crippen LogP contribution in [0.5, 0.6) is 0 Å². The minimum Gasteiger partial charge on any atom is -0.333 e. The van der Waals surface area contributed by atoms with E-state index in [1.54, 1.807) is 12.1 Å². The number of aromatic nitrogens is 3. The molecule has 0 aliphatic heterocycles. The first-order valence-electron chi connectivity index (χ1n) is 7.63. The summed E-state index contributed by atoms with van der Waals surface area (Å²) in [6.45, 7) is 1.81. The minimum atomic E-state index is -0.373. The maximum absolute atomic E-state index is 12.4. The Labute approximate surface area is 171 Å². The van der Waals surface area contributed by atoms with E-state index in [0.29, 0.717) is 38.0 Å². The van der Waals surface area contributed by atoms with Crippen molar-refractivity contribution in [1.82, 2.24) is 15.1 Å². The molecule has 10 heteroatoms. The molecular weight excluding hydrogens is 427 g/mol. The maximum Gasteiger partial charge on any atom is 0.270 e. The van der Waals surface area contributed by atoms with Crippen molar-refractivity contribution in [3.63, 3.8) is 0 Å². The molecule has 0 atom stereocenters. The number of carbonyl (C=O) groups excluding carboxylic acids is 1. The lowest BCUT2D eigenvalue weighted by Crippen LogP contribution is -2.12.